The van der Waals surface area contributed by atoms with Crippen LogP contribution < -0.4 is 0 Å². The quantitative estimate of drug-likeness (QED) is 0.533. The van der Waals surface area contributed by atoms with Crippen molar-refractivity contribution < 1.29 is 31.1 Å². The number of nitriles is 1. The molecule has 0 bridgehead atoms. The van der Waals surface area contributed by atoms with Gasteiger partial charge in [-0.15, -0.1) is 11.8 Å². The van der Waals surface area contributed by atoms with Crippen LogP contribution in [0.1, 0.15) is 28.0 Å². The van der Waals surface area contributed by atoms with Crippen LogP contribution in [0.15, 0.2) is 29.3 Å². The lowest BCUT2D eigenvalue weighted by atomic mass is 9.93. The minimum Gasteiger partial charge on any atom is -0.319 e. The molecule has 0 atom stereocenters. The third-order valence-corrected chi connectivity index (χ3v) is 5.03. The van der Waals surface area contributed by atoms with Gasteiger partial charge in [0.05, 0.1) is 22.9 Å². The first kappa shape index (κ1) is 19.4. The van der Waals surface area contributed by atoms with E-state index in [1.54, 1.807) is 6.07 Å². The van der Waals surface area contributed by atoms with Crippen molar-refractivity contribution >= 4 is 17.5 Å². The number of carbonyl (C=O) groups is 1. The molecule has 0 aliphatic heterocycles. The number of alkyl halides is 5. The topological polar surface area (TPSA) is 45.8 Å². The van der Waals surface area contributed by atoms with Gasteiger partial charge in [0.2, 0.25) is 5.78 Å². The fourth-order valence-electron chi connectivity index (χ4n) is 2.91. The third-order valence-electron chi connectivity index (χ3n) is 4.13. The molecule has 3 rings (SSSR count). The van der Waals surface area contributed by atoms with Crippen LogP contribution in [0, 0.1) is 17.1 Å². The van der Waals surface area contributed by atoms with E-state index in [0.29, 0.717) is 12.1 Å². The van der Waals surface area contributed by atoms with Crippen molar-refractivity contribution in [3.05, 3.63) is 47.0 Å². The van der Waals surface area contributed by atoms with Crippen molar-refractivity contribution in [2.45, 2.75) is 29.8 Å². The number of carbonyl (C=O) groups excluding carboxylic acids is 1. The Balaban J connectivity index is 2.19. The van der Waals surface area contributed by atoms with E-state index in [-0.39, 0.29) is 34.0 Å². The van der Waals surface area contributed by atoms with E-state index in [9.17, 15) is 31.1 Å². The third kappa shape index (κ3) is 3.43. The second-order valence-corrected chi connectivity index (χ2v) is 6.84. The zero-order valence-corrected chi connectivity index (χ0v) is 14.2. The lowest BCUT2D eigenvalue weighted by Crippen LogP contribution is -2.34. The number of nitrogens with zero attached hydrogens (tertiary/aromatic N) is 2. The van der Waals surface area contributed by atoms with Crippen LogP contribution in [0.3, 0.4) is 0 Å². The Hall–Kier alpha value is -2.41. The van der Waals surface area contributed by atoms with Crippen molar-refractivity contribution in [1.82, 2.24) is 4.57 Å². The average Bonchev–Trinajstić information content (AvgIpc) is 2.95. The summed E-state index contributed by atoms with van der Waals surface area (Å²) in [6.07, 6.45) is -4.73. The maximum atomic E-state index is 13.8. The number of hydrogen-bond acceptors (Lipinski definition) is 3. The van der Waals surface area contributed by atoms with E-state index in [4.69, 9.17) is 5.26 Å². The van der Waals surface area contributed by atoms with Gasteiger partial charge < -0.3 is 4.57 Å². The fourth-order valence-corrected chi connectivity index (χ4v) is 3.67. The van der Waals surface area contributed by atoms with Gasteiger partial charge in [0.15, 0.2) is 0 Å². The number of aromatic nitrogens is 1. The van der Waals surface area contributed by atoms with Crippen molar-refractivity contribution in [3.8, 4) is 11.8 Å². The number of rotatable bonds is 3. The van der Waals surface area contributed by atoms with Crippen molar-refractivity contribution in [2.75, 3.05) is 5.75 Å². The number of fused-ring (bicyclic) bond motifs is 1. The first-order valence-corrected chi connectivity index (χ1v) is 8.58. The van der Waals surface area contributed by atoms with Gasteiger partial charge in [0.1, 0.15) is 5.82 Å². The monoisotopic (exact) mass is 404 g/mol. The molecule has 0 unspecified atom stereocenters. The number of benzene rings is 1. The van der Waals surface area contributed by atoms with E-state index in [0.717, 1.165) is 17.8 Å². The molecule has 2 aromatic rings. The number of ketones is 1. The Morgan fingerprint density at radius 1 is 1.30 bits per heavy atom. The molecule has 1 aliphatic rings. The van der Waals surface area contributed by atoms with Gasteiger partial charge in [-0.25, -0.2) is 4.39 Å². The van der Waals surface area contributed by atoms with Crippen LogP contribution in [0.25, 0.3) is 5.69 Å². The summed E-state index contributed by atoms with van der Waals surface area (Å²) >= 11 is 0.836. The summed E-state index contributed by atoms with van der Waals surface area (Å²) in [6.45, 7) is 0. The van der Waals surface area contributed by atoms with Crippen LogP contribution in [-0.2, 0) is 12.6 Å². The summed E-state index contributed by atoms with van der Waals surface area (Å²) in [5.74, 6) is -6.61. The lowest BCUT2D eigenvalue weighted by molar-refractivity contribution is -0.140. The molecule has 10 heteroatoms. The van der Waals surface area contributed by atoms with Crippen LogP contribution in [0.4, 0.5) is 26.3 Å². The van der Waals surface area contributed by atoms with Gasteiger partial charge in [0.25, 0.3) is 0 Å². The smallest absolute Gasteiger partial charge is 0.319 e. The summed E-state index contributed by atoms with van der Waals surface area (Å²) in [7, 11) is 0. The van der Waals surface area contributed by atoms with Crippen LogP contribution >= 0.6 is 11.8 Å². The van der Waals surface area contributed by atoms with Crippen molar-refractivity contribution in [1.29, 1.82) is 5.26 Å². The summed E-state index contributed by atoms with van der Waals surface area (Å²) in [5, 5.41) is 8.70. The molecule has 1 aromatic carbocycles. The number of halogens is 6. The Labute approximate surface area is 153 Å². The highest BCUT2D eigenvalue weighted by Gasteiger charge is 2.46. The molecular weight excluding hydrogens is 394 g/mol. The minimum absolute atomic E-state index is 0.0776. The van der Waals surface area contributed by atoms with Gasteiger partial charge in [-0.3, -0.25) is 4.79 Å². The van der Waals surface area contributed by atoms with Gasteiger partial charge in [-0.1, -0.05) is 0 Å². The minimum atomic E-state index is -4.94. The number of hydrogen-bond donors (Lipinski definition) is 0. The summed E-state index contributed by atoms with van der Waals surface area (Å²) in [5.41, 5.74) is -1.79. The molecular formula is C17H10F6N2OS. The molecule has 0 N–H and O–H groups in total. The molecule has 1 heterocycles. The molecule has 142 valence electrons. The molecule has 1 aliphatic carbocycles. The second kappa shape index (κ2) is 6.64. The summed E-state index contributed by atoms with van der Waals surface area (Å²) in [6, 6.07) is 4.06. The first-order chi connectivity index (χ1) is 12.6. The predicted molar refractivity (Wildman–Crippen MR) is 84.7 cm³/mol. The maximum absolute atomic E-state index is 13.8. The van der Waals surface area contributed by atoms with Crippen LogP contribution in [0.2, 0.25) is 0 Å². The molecule has 3 nitrogen and oxygen atoms in total. The van der Waals surface area contributed by atoms with Crippen molar-refractivity contribution in [3.63, 3.8) is 0 Å². The highest BCUT2D eigenvalue weighted by atomic mass is 32.2. The van der Waals surface area contributed by atoms with Crippen molar-refractivity contribution in [2.24, 2.45) is 0 Å². The fraction of sp³-hybridized carbons (Fsp3) is 0.294. The van der Waals surface area contributed by atoms with Crippen LogP contribution in [0.5, 0.6) is 0 Å². The SMILES string of the molecule is N#CCSc1cn(-c2ccc(F)c(C(F)(F)F)c2)c2c1C(=O)C(F)(F)CC2. The standard InChI is InChI=1S/C17H10F6N2OS/c18-11-2-1-9(7-10(11)17(21,22)23)25-8-13(27-6-5-24)14-12(25)3-4-16(19,20)15(14)26/h1-2,7-8H,3-4,6H2. The molecule has 0 radical (unpaired) electrons. The first-order valence-electron chi connectivity index (χ1n) is 7.60. The Kier molecular flexibility index (Phi) is 4.76. The largest absolute Gasteiger partial charge is 0.419 e. The zero-order chi connectivity index (χ0) is 20.0. The molecule has 0 saturated carbocycles. The average molecular weight is 404 g/mol. The van der Waals surface area contributed by atoms with Gasteiger partial charge >= 0.3 is 12.1 Å². The summed E-state index contributed by atoms with van der Waals surface area (Å²) in [4.78, 5) is 12.2. The normalized spacial score (nSPS) is 16.1. The van der Waals surface area contributed by atoms with E-state index >= 15 is 0 Å². The second-order valence-electron chi connectivity index (χ2n) is 5.83. The zero-order valence-electron chi connectivity index (χ0n) is 13.4. The van der Waals surface area contributed by atoms with Gasteiger partial charge in [0, 0.05) is 28.9 Å². The maximum Gasteiger partial charge on any atom is 0.419 e. The highest BCUT2D eigenvalue weighted by Crippen LogP contribution is 2.41. The molecule has 27 heavy (non-hydrogen) atoms. The van der Waals surface area contributed by atoms with E-state index in [1.165, 1.54) is 10.8 Å². The summed E-state index contributed by atoms with van der Waals surface area (Å²) < 4.78 is 81.3. The van der Waals surface area contributed by atoms with Crippen LogP contribution in [-0.4, -0.2) is 22.0 Å². The number of thioether (sulfide) groups is 1. The molecule has 0 fully saturated rings. The molecule has 0 saturated heterocycles. The molecule has 1 aromatic heterocycles. The Morgan fingerprint density at radius 2 is 2.00 bits per heavy atom. The number of Topliss-reactive ketones (excluding diaryl/α,β-unsaturated/α-hetero) is 1. The highest BCUT2D eigenvalue weighted by molar-refractivity contribution is 7.99. The van der Waals surface area contributed by atoms with E-state index in [2.05, 4.69) is 0 Å². The molecule has 0 amide bonds. The Morgan fingerprint density at radius 3 is 2.63 bits per heavy atom. The van der Waals surface area contributed by atoms with E-state index < -0.39 is 35.7 Å². The van der Waals surface area contributed by atoms with E-state index in [1.807, 2.05) is 0 Å². The lowest BCUT2D eigenvalue weighted by Gasteiger charge is -2.23. The predicted octanol–water partition coefficient (Wildman–Crippen LogP) is 5.02. The molecule has 0 spiro atoms. The van der Waals surface area contributed by atoms with Gasteiger partial charge in [-0.05, 0) is 24.6 Å². The Bertz CT molecular complexity index is 958. The van der Waals surface area contributed by atoms with Gasteiger partial charge in [-0.2, -0.15) is 27.2 Å².